The lowest BCUT2D eigenvalue weighted by atomic mass is 10.2. The van der Waals surface area contributed by atoms with Crippen LogP contribution in [0, 0.1) is 0 Å². The standard InChI is InChI=1S/C19H22N4O3/c1-3-20-19(26)14-5-4-6-17(11-14)21-12-18(25)23-16-9-7-15(8-10-16)22-13(2)24/h4-11,21H,3,12H2,1-2H3,(H,20,26)(H,22,24)(H,23,25). The van der Waals surface area contributed by atoms with Crippen LogP contribution < -0.4 is 21.3 Å². The highest BCUT2D eigenvalue weighted by molar-refractivity contribution is 5.96. The van der Waals surface area contributed by atoms with Gasteiger partial charge >= 0.3 is 0 Å². The van der Waals surface area contributed by atoms with Crippen LogP contribution in [-0.2, 0) is 9.59 Å². The molecule has 7 nitrogen and oxygen atoms in total. The molecular formula is C19H22N4O3. The number of carbonyl (C=O) groups excluding carboxylic acids is 3. The summed E-state index contributed by atoms with van der Waals surface area (Å²) in [4.78, 5) is 34.9. The first kappa shape index (κ1) is 19.0. The molecule has 0 heterocycles. The Morgan fingerprint density at radius 2 is 1.54 bits per heavy atom. The van der Waals surface area contributed by atoms with Crippen molar-refractivity contribution in [3.8, 4) is 0 Å². The molecule has 0 bridgehead atoms. The largest absolute Gasteiger partial charge is 0.376 e. The fourth-order valence-electron chi connectivity index (χ4n) is 2.26. The van der Waals surface area contributed by atoms with Crippen LogP contribution in [0.4, 0.5) is 17.1 Å². The van der Waals surface area contributed by atoms with Gasteiger partial charge in [-0.15, -0.1) is 0 Å². The summed E-state index contributed by atoms with van der Waals surface area (Å²) in [6.07, 6.45) is 0. The van der Waals surface area contributed by atoms with Crippen LogP contribution in [0.15, 0.2) is 48.5 Å². The molecular weight excluding hydrogens is 332 g/mol. The van der Waals surface area contributed by atoms with Crippen molar-refractivity contribution in [2.75, 3.05) is 29.0 Å². The van der Waals surface area contributed by atoms with Crippen molar-refractivity contribution < 1.29 is 14.4 Å². The summed E-state index contributed by atoms with van der Waals surface area (Å²) >= 11 is 0. The number of benzene rings is 2. The predicted octanol–water partition coefficient (Wildman–Crippen LogP) is 2.45. The monoisotopic (exact) mass is 354 g/mol. The Hall–Kier alpha value is -3.35. The van der Waals surface area contributed by atoms with E-state index in [9.17, 15) is 14.4 Å². The van der Waals surface area contributed by atoms with E-state index < -0.39 is 0 Å². The zero-order valence-electron chi connectivity index (χ0n) is 14.8. The molecule has 2 aromatic rings. The number of amides is 3. The van der Waals surface area contributed by atoms with E-state index in [4.69, 9.17) is 0 Å². The molecule has 4 N–H and O–H groups in total. The van der Waals surface area contributed by atoms with Crippen LogP contribution in [0.1, 0.15) is 24.2 Å². The van der Waals surface area contributed by atoms with Crippen molar-refractivity contribution in [1.29, 1.82) is 0 Å². The van der Waals surface area contributed by atoms with E-state index in [-0.39, 0.29) is 24.3 Å². The third kappa shape index (κ3) is 5.94. The van der Waals surface area contributed by atoms with Crippen LogP contribution >= 0.6 is 0 Å². The van der Waals surface area contributed by atoms with Crippen molar-refractivity contribution in [2.45, 2.75) is 13.8 Å². The third-order valence-electron chi connectivity index (χ3n) is 3.40. The number of anilines is 3. The highest BCUT2D eigenvalue weighted by atomic mass is 16.2. The van der Waals surface area contributed by atoms with E-state index in [0.29, 0.717) is 29.2 Å². The van der Waals surface area contributed by atoms with Crippen molar-refractivity contribution in [2.24, 2.45) is 0 Å². The molecule has 0 unspecified atom stereocenters. The van der Waals surface area contributed by atoms with E-state index in [2.05, 4.69) is 21.3 Å². The zero-order valence-corrected chi connectivity index (χ0v) is 14.8. The van der Waals surface area contributed by atoms with Gasteiger partial charge in [-0.25, -0.2) is 0 Å². The van der Waals surface area contributed by atoms with Crippen LogP contribution in [0.2, 0.25) is 0 Å². The lowest BCUT2D eigenvalue weighted by Crippen LogP contribution is -2.23. The molecule has 0 aliphatic rings. The zero-order chi connectivity index (χ0) is 18.9. The van der Waals surface area contributed by atoms with Crippen LogP contribution in [0.5, 0.6) is 0 Å². The summed E-state index contributed by atoms with van der Waals surface area (Å²) in [5.41, 5.74) is 2.51. The first-order valence-corrected chi connectivity index (χ1v) is 8.27. The fraction of sp³-hybridized carbons (Fsp3) is 0.211. The van der Waals surface area contributed by atoms with E-state index in [1.54, 1.807) is 48.5 Å². The lowest BCUT2D eigenvalue weighted by Gasteiger charge is -2.10. The molecule has 7 heteroatoms. The molecule has 2 rings (SSSR count). The molecule has 2 aromatic carbocycles. The van der Waals surface area contributed by atoms with Gasteiger partial charge in [0.05, 0.1) is 6.54 Å². The molecule has 0 aromatic heterocycles. The molecule has 0 aliphatic heterocycles. The van der Waals surface area contributed by atoms with Gasteiger partial charge in [0.25, 0.3) is 5.91 Å². The maximum absolute atomic E-state index is 12.0. The number of carbonyl (C=O) groups is 3. The second-order valence-corrected chi connectivity index (χ2v) is 5.60. The summed E-state index contributed by atoms with van der Waals surface area (Å²) < 4.78 is 0. The van der Waals surface area contributed by atoms with Crippen molar-refractivity contribution in [3.63, 3.8) is 0 Å². The Bertz CT molecular complexity index is 788. The summed E-state index contributed by atoms with van der Waals surface area (Å²) in [5, 5.41) is 11.1. The number of hydrogen-bond donors (Lipinski definition) is 4. The minimum Gasteiger partial charge on any atom is -0.376 e. The third-order valence-corrected chi connectivity index (χ3v) is 3.40. The lowest BCUT2D eigenvalue weighted by molar-refractivity contribution is -0.115. The molecule has 0 atom stereocenters. The minimum absolute atomic E-state index is 0.0618. The maximum atomic E-state index is 12.0. The van der Waals surface area contributed by atoms with Crippen LogP contribution in [0.25, 0.3) is 0 Å². The molecule has 136 valence electrons. The van der Waals surface area contributed by atoms with E-state index in [0.717, 1.165) is 0 Å². The number of hydrogen-bond acceptors (Lipinski definition) is 4. The van der Waals surface area contributed by atoms with Gasteiger partial charge in [0.15, 0.2) is 0 Å². The van der Waals surface area contributed by atoms with Gasteiger partial charge < -0.3 is 21.3 Å². The maximum Gasteiger partial charge on any atom is 0.251 e. The van der Waals surface area contributed by atoms with Crippen LogP contribution in [-0.4, -0.2) is 30.8 Å². The Labute approximate surface area is 152 Å². The average molecular weight is 354 g/mol. The highest BCUT2D eigenvalue weighted by Crippen LogP contribution is 2.14. The summed E-state index contributed by atoms with van der Waals surface area (Å²) in [6.45, 7) is 3.90. The average Bonchev–Trinajstić information content (AvgIpc) is 2.62. The molecule has 0 fully saturated rings. The molecule has 0 spiro atoms. The Kier molecular flexibility index (Phi) is 6.73. The molecule has 3 amide bonds. The smallest absolute Gasteiger partial charge is 0.251 e. The fourth-order valence-corrected chi connectivity index (χ4v) is 2.26. The molecule has 26 heavy (non-hydrogen) atoms. The van der Waals surface area contributed by atoms with Gasteiger partial charge in [0.1, 0.15) is 0 Å². The van der Waals surface area contributed by atoms with Gasteiger partial charge in [-0.1, -0.05) is 6.07 Å². The first-order valence-electron chi connectivity index (χ1n) is 8.27. The Morgan fingerprint density at radius 1 is 0.885 bits per heavy atom. The van der Waals surface area contributed by atoms with Gasteiger partial charge in [-0.3, -0.25) is 14.4 Å². The topological polar surface area (TPSA) is 99.3 Å². The predicted molar refractivity (Wildman–Crippen MR) is 102 cm³/mol. The normalized spacial score (nSPS) is 9.92. The number of rotatable bonds is 7. The Balaban J connectivity index is 1.87. The second-order valence-electron chi connectivity index (χ2n) is 5.60. The summed E-state index contributed by atoms with van der Waals surface area (Å²) in [5.74, 6) is -0.526. The molecule has 0 saturated carbocycles. The van der Waals surface area contributed by atoms with E-state index in [1.807, 2.05) is 6.92 Å². The SMILES string of the molecule is CCNC(=O)c1cccc(NCC(=O)Nc2ccc(NC(C)=O)cc2)c1. The summed E-state index contributed by atoms with van der Waals surface area (Å²) in [6, 6.07) is 13.8. The van der Waals surface area contributed by atoms with E-state index >= 15 is 0 Å². The van der Waals surface area contributed by atoms with E-state index in [1.165, 1.54) is 6.92 Å². The van der Waals surface area contributed by atoms with Gasteiger partial charge in [-0.2, -0.15) is 0 Å². The molecule has 0 saturated heterocycles. The quantitative estimate of drug-likeness (QED) is 0.614. The Morgan fingerprint density at radius 3 is 2.15 bits per heavy atom. The van der Waals surface area contributed by atoms with Gasteiger partial charge in [-0.05, 0) is 49.4 Å². The van der Waals surface area contributed by atoms with Gasteiger partial charge in [0, 0.05) is 36.1 Å². The molecule has 0 radical (unpaired) electrons. The van der Waals surface area contributed by atoms with Crippen LogP contribution in [0.3, 0.4) is 0 Å². The van der Waals surface area contributed by atoms with Crippen molar-refractivity contribution >= 4 is 34.8 Å². The van der Waals surface area contributed by atoms with Crippen molar-refractivity contribution in [1.82, 2.24) is 5.32 Å². The van der Waals surface area contributed by atoms with Gasteiger partial charge in [0.2, 0.25) is 11.8 Å². The minimum atomic E-state index is -0.222. The number of nitrogens with one attached hydrogen (secondary N) is 4. The highest BCUT2D eigenvalue weighted by Gasteiger charge is 2.06. The second kappa shape index (κ2) is 9.22. The first-order chi connectivity index (χ1) is 12.5. The molecule has 0 aliphatic carbocycles. The van der Waals surface area contributed by atoms with Crippen molar-refractivity contribution in [3.05, 3.63) is 54.1 Å². The summed E-state index contributed by atoms with van der Waals surface area (Å²) in [7, 11) is 0.